The normalized spacial score (nSPS) is 10.4. The Morgan fingerprint density at radius 3 is 2.61 bits per heavy atom. The minimum absolute atomic E-state index is 0.264. The van der Waals surface area contributed by atoms with E-state index in [-0.39, 0.29) is 5.91 Å². The molecule has 0 saturated heterocycles. The fraction of sp³-hybridized carbons (Fsp3) is 0.217. The highest BCUT2D eigenvalue weighted by atomic mass is 16.5. The zero-order valence-corrected chi connectivity index (χ0v) is 16.2. The number of nitrogens with zero attached hydrogens (tertiary/aromatic N) is 1. The van der Waals surface area contributed by atoms with Crippen LogP contribution in [0.2, 0.25) is 0 Å². The Morgan fingerprint density at radius 1 is 1.07 bits per heavy atom. The Balaban J connectivity index is 1.52. The van der Waals surface area contributed by atoms with Crippen molar-refractivity contribution in [3.05, 3.63) is 83.7 Å². The Labute approximate surface area is 165 Å². The van der Waals surface area contributed by atoms with E-state index in [2.05, 4.69) is 39.9 Å². The molecule has 0 spiro atoms. The summed E-state index contributed by atoms with van der Waals surface area (Å²) in [4.78, 5) is 16.7. The lowest BCUT2D eigenvalue weighted by molar-refractivity contribution is 0.102. The van der Waals surface area contributed by atoms with Crippen molar-refractivity contribution in [2.45, 2.75) is 19.8 Å². The molecule has 0 aliphatic heterocycles. The third-order valence-electron chi connectivity index (χ3n) is 4.41. The highest BCUT2D eigenvalue weighted by molar-refractivity contribution is 6.03. The summed E-state index contributed by atoms with van der Waals surface area (Å²) in [6.07, 6.45) is 3.74. The van der Waals surface area contributed by atoms with Crippen LogP contribution in [0.5, 0.6) is 5.75 Å². The molecule has 1 amide bonds. The van der Waals surface area contributed by atoms with Crippen molar-refractivity contribution in [3.63, 3.8) is 0 Å². The van der Waals surface area contributed by atoms with E-state index < -0.39 is 0 Å². The van der Waals surface area contributed by atoms with Gasteiger partial charge in [0, 0.05) is 6.54 Å². The Hall–Kier alpha value is -3.34. The first kappa shape index (κ1) is 19.4. The number of rotatable bonds is 8. The largest absolute Gasteiger partial charge is 0.495 e. The number of benzene rings is 2. The predicted molar refractivity (Wildman–Crippen MR) is 113 cm³/mol. The fourth-order valence-electron chi connectivity index (χ4n) is 2.91. The van der Waals surface area contributed by atoms with Gasteiger partial charge in [0.05, 0.1) is 24.7 Å². The molecule has 3 aromatic rings. The number of carbonyl (C=O) groups excluding carboxylic acids is 1. The minimum atomic E-state index is -0.264. The molecule has 2 aromatic carbocycles. The number of aryl methyl sites for hydroxylation is 2. The van der Waals surface area contributed by atoms with Gasteiger partial charge in [-0.2, -0.15) is 0 Å². The predicted octanol–water partition coefficient (Wildman–Crippen LogP) is 4.70. The molecule has 0 saturated carbocycles. The van der Waals surface area contributed by atoms with Crippen LogP contribution in [0.15, 0.2) is 66.9 Å². The van der Waals surface area contributed by atoms with Crippen molar-refractivity contribution in [2.24, 2.45) is 0 Å². The Morgan fingerprint density at radius 2 is 1.89 bits per heavy atom. The lowest BCUT2D eigenvalue weighted by atomic mass is 10.1. The van der Waals surface area contributed by atoms with E-state index in [0.29, 0.717) is 17.1 Å². The summed E-state index contributed by atoms with van der Waals surface area (Å²) in [5.41, 5.74) is 4.27. The standard InChI is InChI=1S/C23H25N3O2/c1-17-10-13-22(28-2)21(15-17)26-23(27)20-12-11-19(16-25-20)24-14-6-9-18-7-4-3-5-8-18/h3-5,7-8,10-13,15-16,24H,6,9,14H2,1-2H3,(H,26,27). The van der Waals surface area contributed by atoms with Gasteiger partial charge in [-0.25, -0.2) is 4.98 Å². The second-order valence-electron chi connectivity index (χ2n) is 6.61. The Kier molecular flexibility index (Phi) is 6.63. The van der Waals surface area contributed by atoms with Crippen LogP contribution in [0.3, 0.4) is 0 Å². The van der Waals surface area contributed by atoms with Crippen molar-refractivity contribution in [1.82, 2.24) is 4.98 Å². The molecule has 0 aliphatic rings. The molecular weight excluding hydrogens is 350 g/mol. The first-order valence-electron chi connectivity index (χ1n) is 9.35. The molecule has 1 heterocycles. The van der Waals surface area contributed by atoms with Gasteiger partial charge in [-0.15, -0.1) is 0 Å². The molecule has 0 fully saturated rings. The third-order valence-corrected chi connectivity index (χ3v) is 4.41. The number of carbonyl (C=O) groups is 1. The van der Waals surface area contributed by atoms with Gasteiger partial charge in [0.2, 0.25) is 0 Å². The van der Waals surface area contributed by atoms with E-state index in [1.807, 2.05) is 37.3 Å². The number of ether oxygens (including phenoxy) is 1. The first-order valence-corrected chi connectivity index (χ1v) is 9.35. The molecule has 28 heavy (non-hydrogen) atoms. The monoisotopic (exact) mass is 375 g/mol. The first-order chi connectivity index (χ1) is 13.7. The average Bonchev–Trinajstić information content (AvgIpc) is 2.72. The van der Waals surface area contributed by atoms with Gasteiger partial charge in [-0.05, 0) is 55.2 Å². The number of anilines is 2. The molecule has 0 atom stereocenters. The van der Waals surface area contributed by atoms with Crippen molar-refractivity contribution in [1.29, 1.82) is 0 Å². The summed E-state index contributed by atoms with van der Waals surface area (Å²) in [7, 11) is 1.58. The van der Waals surface area contributed by atoms with E-state index in [9.17, 15) is 4.79 Å². The van der Waals surface area contributed by atoms with Crippen molar-refractivity contribution < 1.29 is 9.53 Å². The summed E-state index contributed by atoms with van der Waals surface area (Å²) in [6.45, 7) is 2.81. The van der Waals surface area contributed by atoms with Gasteiger partial charge < -0.3 is 15.4 Å². The Bertz CT molecular complexity index is 909. The number of amides is 1. The van der Waals surface area contributed by atoms with E-state index in [4.69, 9.17) is 4.74 Å². The van der Waals surface area contributed by atoms with E-state index in [1.54, 1.807) is 19.4 Å². The summed E-state index contributed by atoms with van der Waals surface area (Å²) < 4.78 is 5.30. The van der Waals surface area contributed by atoms with Crippen molar-refractivity contribution >= 4 is 17.3 Å². The van der Waals surface area contributed by atoms with E-state index in [0.717, 1.165) is 30.6 Å². The highest BCUT2D eigenvalue weighted by Gasteiger charge is 2.11. The molecule has 5 heteroatoms. The summed E-state index contributed by atoms with van der Waals surface area (Å²) >= 11 is 0. The van der Waals surface area contributed by atoms with E-state index >= 15 is 0 Å². The summed E-state index contributed by atoms with van der Waals surface area (Å²) in [5, 5.41) is 6.20. The van der Waals surface area contributed by atoms with Crippen LogP contribution in [-0.4, -0.2) is 24.5 Å². The van der Waals surface area contributed by atoms with Gasteiger partial charge in [-0.3, -0.25) is 4.79 Å². The minimum Gasteiger partial charge on any atom is -0.495 e. The van der Waals surface area contributed by atoms with E-state index in [1.165, 1.54) is 5.56 Å². The van der Waals surface area contributed by atoms with Crippen LogP contribution in [-0.2, 0) is 6.42 Å². The number of pyridine rings is 1. The third kappa shape index (κ3) is 5.33. The average molecular weight is 375 g/mol. The van der Waals surface area contributed by atoms with Gasteiger partial charge in [0.15, 0.2) is 0 Å². The van der Waals surface area contributed by atoms with Crippen LogP contribution >= 0.6 is 0 Å². The topological polar surface area (TPSA) is 63.2 Å². The smallest absolute Gasteiger partial charge is 0.274 e. The van der Waals surface area contributed by atoms with Gasteiger partial charge in [-0.1, -0.05) is 36.4 Å². The molecule has 5 nitrogen and oxygen atoms in total. The quantitative estimate of drug-likeness (QED) is 0.561. The maximum Gasteiger partial charge on any atom is 0.274 e. The molecular formula is C23H25N3O2. The molecule has 0 unspecified atom stereocenters. The maximum atomic E-state index is 12.5. The molecule has 0 radical (unpaired) electrons. The molecule has 0 aliphatic carbocycles. The lowest BCUT2D eigenvalue weighted by Crippen LogP contribution is -2.14. The molecule has 144 valence electrons. The summed E-state index contributed by atoms with van der Waals surface area (Å²) in [6, 6.07) is 19.7. The zero-order chi connectivity index (χ0) is 19.8. The fourth-order valence-corrected chi connectivity index (χ4v) is 2.91. The SMILES string of the molecule is COc1ccc(C)cc1NC(=O)c1ccc(NCCCc2ccccc2)cn1. The molecule has 3 rings (SSSR count). The van der Waals surface area contributed by atoms with Crippen LogP contribution in [0.4, 0.5) is 11.4 Å². The van der Waals surface area contributed by atoms with Crippen LogP contribution in [0.1, 0.15) is 28.0 Å². The summed E-state index contributed by atoms with van der Waals surface area (Å²) in [5.74, 6) is 0.357. The second kappa shape index (κ2) is 9.55. The zero-order valence-electron chi connectivity index (χ0n) is 16.2. The second-order valence-corrected chi connectivity index (χ2v) is 6.61. The molecule has 0 bridgehead atoms. The number of hydrogen-bond acceptors (Lipinski definition) is 4. The number of nitrogens with one attached hydrogen (secondary N) is 2. The number of methoxy groups -OCH3 is 1. The van der Waals surface area contributed by atoms with Crippen molar-refractivity contribution in [3.8, 4) is 5.75 Å². The van der Waals surface area contributed by atoms with Crippen LogP contribution in [0, 0.1) is 6.92 Å². The van der Waals surface area contributed by atoms with Gasteiger partial charge in [0.25, 0.3) is 5.91 Å². The molecule has 2 N–H and O–H groups in total. The highest BCUT2D eigenvalue weighted by Crippen LogP contribution is 2.25. The lowest BCUT2D eigenvalue weighted by Gasteiger charge is -2.11. The molecule has 1 aromatic heterocycles. The van der Waals surface area contributed by atoms with Crippen molar-refractivity contribution in [2.75, 3.05) is 24.3 Å². The number of hydrogen-bond donors (Lipinski definition) is 2. The number of aromatic nitrogens is 1. The van der Waals surface area contributed by atoms with Crippen LogP contribution < -0.4 is 15.4 Å². The maximum absolute atomic E-state index is 12.5. The van der Waals surface area contributed by atoms with Gasteiger partial charge >= 0.3 is 0 Å². The van der Waals surface area contributed by atoms with Gasteiger partial charge in [0.1, 0.15) is 11.4 Å². The van der Waals surface area contributed by atoms with Crippen LogP contribution in [0.25, 0.3) is 0 Å².